The first-order chi connectivity index (χ1) is 9.54. The lowest BCUT2D eigenvalue weighted by molar-refractivity contribution is -0.121. The number of hydrogen-bond donors (Lipinski definition) is 2. The standard InChI is InChI=1S/C14H13ClN2O2S/c1-9-2-7-12(20-9)14(19)17-16-13(18)8-10-3-5-11(15)6-4-10/h2-7H,8H2,1H3,(H,16,18)(H,17,19). The molecule has 0 radical (unpaired) electrons. The van der Waals surface area contributed by atoms with Crippen LogP contribution in [0.4, 0.5) is 0 Å². The maximum Gasteiger partial charge on any atom is 0.279 e. The van der Waals surface area contributed by atoms with E-state index < -0.39 is 0 Å². The predicted molar refractivity (Wildman–Crippen MR) is 79.8 cm³/mol. The minimum absolute atomic E-state index is 0.181. The van der Waals surface area contributed by atoms with Crippen LogP contribution < -0.4 is 10.9 Å². The van der Waals surface area contributed by atoms with Crippen LogP contribution in [-0.2, 0) is 11.2 Å². The Hall–Kier alpha value is -1.85. The zero-order chi connectivity index (χ0) is 14.5. The van der Waals surface area contributed by atoms with Crippen LogP contribution in [-0.4, -0.2) is 11.8 Å². The molecule has 6 heteroatoms. The van der Waals surface area contributed by atoms with Gasteiger partial charge in [0.1, 0.15) is 0 Å². The molecule has 20 heavy (non-hydrogen) atoms. The van der Waals surface area contributed by atoms with Crippen molar-refractivity contribution in [3.63, 3.8) is 0 Å². The lowest BCUT2D eigenvalue weighted by Gasteiger charge is -2.06. The van der Waals surface area contributed by atoms with Crippen LogP contribution in [0.25, 0.3) is 0 Å². The Kier molecular flexibility index (Phi) is 4.76. The summed E-state index contributed by atoms with van der Waals surface area (Å²) in [6.07, 6.45) is 0.181. The Morgan fingerprint density at radius 2 is 1.80 bits per heavy atom. The van der Waals surface area contributed by atoms with Crippen molar-refractivity contribution >= 4 is 34.8 Å². The summed E-state index contributed by atoms with van der Waals surface area (Å²) in [5.74, 6) is -0.596. The monoisotopic (exact) mass is 308 g/mol. The summed E-state index contributed by atoms with van der Waals surface area (Å²) in [6, 6.07) is 10.6. The second-order valence-corrected chi connectivity index (χ2v) is 5.94. The predicted octanol–water partition coefficient (Wildman–Crippen LogP) is 2.71. The molecule has 0 saturated heterocycles. The molecule has 0 atom stereocenters. The summed E-state index contributed by atoms with van der Waals surface area (Å²) >= 11 is 7.14. The first-order valence-corrected chi connectivity index (χ1v) is 7.14. The van der Waals surface area contributed by atoms with Gasteiger partial charge in [0.25, 0.3) is 5.91 Å². The fourth-order valence-corrected chi connectivity index (χ4v) is 2.47. The van der Waals surface area contributed by atoms with Gasteiger partial charge in [0.2, 0.25) is 5.91 Å². The smallest absolute Gasteiger partial charge is 0.273 e. The van der Waals surface area contributed by atoms with Crippen LogP contribution in [0.1, 0.15) is 20.1 Å². The Bertz CT molecular complexity index is 622. The molecule has 1 aromatic heterocycles. The Morgan fingerprint density at radius 3 is 2.40 bits per heavy atom. The summed E-state index contributed by atoms with van der Waals surface area (Å²) in [5, 5.41) is 0.621. The van der Waals surface area contributed by atoms with Gasteiger partial charge in [-0.2, -0.15) is 0 Å². The maximum absolute atomic E-state index is 11.7. The number of carbonyl (C=O) groups excluding carboxylic acids is 2. The fraction of sp³-hybridized carbons (Fsp3) is 0.143. The third-order valence-electron chi connectivity index (χ3n) is 2.56. The van der Waals surface area contributed by atoms with E-state index in [9.17, 15) is 9.59 Å². The minimum atomic E-state index is -0.312. The van der Waals surface area contributed by atoms with Gasteiger partial charge < -0.3 is 0 Å². The third kappa shape index (κ3) is 4.08. The zero-order valence-electron chi connectivity index (χ0n) is 10.8. The number of hydrazine groups is 1. The lowest BCUT2D eigenvalue weighted by atomic mass is 10.1. The van der Waals surface area contributed by atoms with E-state index in [1.165, 1.54) is 11.3 Å². The van der Waals surface area contributed by atoms with E-state index >= 15 is 0 Å². The molecule has 1 heterocycles. The highest BCUT2D eigenvalue weighted by Crippen LogP contribution is 2.14. The largest absolute Gasteiger partial charge is 0.279 e. The van der Waals surface area contributed by atoms with Crippen LogP contribution in [0, 0.1) is 6.92 Å². The molecule has 4 nitrogen and oxygen atoms in total. The molecule has 0 unspecified atom stereocenters. The Labute approximate surface area is 125 Å². The van der Waals surface area contributed by atoms with E-state index in [0.717, 1.165) is 10.4 Å². The summed E-state index contributed by atoms with van der Waals surface area (Å²) in [4.78, 5) is 25.0. The number of amides is 2. The number of rotatable bonds is 3. The second kappa shape index (κ2) is 6.54. The molecular formula is C14H13ClN2O2S. The first kappa shape index (κ1) is 14.6. The number of benzene rings is 1. The van der Waals surface area contributed by atoms with Crippen molar-refractivity contribution in [2.75, 3.05) is 0 Å². The van der Waals surface area contributed by atoms with Gasteiger partial charge in [-0.3, -0.25) is 20.4 Å². The van der Waals surface area contributed by atoms with E-state index in [2.05, 4.69) is 10.9 Å². The van der Waals surface area contributed by atoms with Gasteiger partial charge >= 0.3 is 0 Å². The van der Waals surface area contributed by atoms with Crippen LogP contribution in [0.2, 0.25) is 5.02 Å². The molecule has 1 aromatic carbocycles. The number of aryl methyl sites for hydroxylation is 1. The minimum Gasteiger partial charge on any atom is -0.273 e. The van der Waals surface area contributed by atoms with Gasteiger partial charge in [-0.25, -0.2) is 0 Å². The normalized spacial score (nSPS) is 10.1. The van der Waals surface area contributed by atoms with E-state index in [1.807, 2.05) is 13.0 Å². The highest BCUT2D eigenvalue weighted by atomic mass is 35.5. The zero-order valence-corrected chi connectivity index (χ0v) is 12.3. The first-order valence-electron chi connectivity index (χ1n) is 5.94. The SMILES string of the molecule is Cc1ccc(C(=O)NNC(=O)Cc2ccc(Cl)cc2)s1. The average Bonchev–Trinajstić information content (AvgIpc) is 2.85. The third-order valence-corrected chi connectivity index (χ3v) is 3.81. The summed E-state index contributed by atoms with van der Waals surface area (Å²) < 4.78 is 0. The Balaban J connectivity index is 1.83. The molecule has 0 spiro atoms. The van der Waals surface area contributed by atoms with E-state index in [1.54, 1.807) is 30.3 Å². The fourth-order valence-electron chi connectivity index (χ4n) is 1.58. The van der Waals surface area contributed by atoms with Crippen molar-refractivity contribution in [2.45, 2.75) is 13.3 Å². The number of thiophene rings is 1. The van der Waals surface area contributed by atoms with Crippen molar-refractivity contribution in [1.82, 2.24) is 10.9 Å². The molecular weight excluding hydrogens is 296 g/mol. The van der Waals surface area contributed by atoms with E-state index in [-0.39, 0.29) is 18.2 Å². The molecule has 0 aliphatic rings. The van der Waals surface area contributed by atoms with Gasteiger partial charge in [0.15, 0.2) is 0 Å². The van der Waals surface area contributed by atoms with E-state index in [4.69, 9.17) is 11.6 Å². The van der Waals surface area contributed by atoms with E-state index in [0.29, 0.717) is 9.90 Å². The molecule has 2 N–H and O–H groups in total. The Morgan fingerprint density at radius 1 is 1.10 bits per heavy atom. The quantitative estimate of drug-likeness (QED) is 0.857. The molecule has 2 rings (SSSR count). The van der Waals surface area contributed by atoms with Gasteiger partial charge in [0.05, 0.1) is 11.3 Å². The molecule has 104 valence electrons. The maximum atomic E-state index is 11.7. The number of halogens is 1. The van der Waals surface area contributed by atoms with Crippen molar-refractivity contribution in [1.29, 1.82) is 0 Å². The van der Waals surface area contributed by atoms with Crippen molar-refractivity contribution in [2.24, 2.45) is 0 Å². The lowest BCUT2D eigenvalue weighted by Crippen LogP contribution is -2.42. The van der Waals surface area contributed by atoms with Crippen molar-refractivity contribution < 1.29 is 9.59 Å². The van der Waals surface area contributed by atoms with Crippen LogP contribution in [0.3, 0.4) is 0 Å². The highest BCUT2D eigenvalue weighted by molar-refractivity contribution is 7.13. The topological polar surface area (TPSA) is 58.2 Å². The van der Waals surface area contributed by atoms with Crippen molar-refractivity contribution in [3.8, 4) is 0 Å². The molecule has 2 amide bonds. The second-order valence-electron chi connectivity index (χ2n) is 4.22. The molecule has 0 aliphatic heterocycles. The molecule has 0 saturated carbocycles. The molecule has 0 fully saturated rings. The van der Waals surface area contributed by atoms with Gasteiger partial charge in [-0.05, 0) is 36.8 Å². The van der Waals surface area contributed by atoms with Gasteiger partial charge in [-0.1, -0.05) is 23.7 Å². The summed E-state index contributed by atoms with van der Waals surface area (Å²) in [7, 11) is 0. The summed E-state index contributed by atoms with van der Waals surface area (Å²) in [5.41, 5.74) is 5.60. The van der Waals surface area contributed by atoms with Gasteiger partial charge in [-0.15, -0.1) is 11.3 Å². The number of hydrogen-bond acceptors (Lipinski definition) is 3. The van der Waals surface area contributed by atoms with Gasteiger partial charge in [0, 0.05) is 9.90 Å². The summed E-state index contributed by atoms with van der Waals surface area (Å²) in [6.45, 7) is 1.92. The molecule has 0 aliphatic carbocycles. The molecule has 2 aromatic rings. The molecule has 0 bridgehead atoms. The van der Waals surface area contributed by atoms with Crippen LogP contribution >= 0.6 is 22.9 Å². The van der Waals surface area contributed by atoms with Crippen molar-refractivity contribution in [3.05, 3.63) is 56.7 Å². The van der Waals surface area contributed by atoms with Crippen LogP contribution in [0.5, 0.6) is 0 Å². The van der Waals surface area contributed by atoms with Crippen LogP contribution in [0.15, 0.2) is 36.4 Å². The highest BCUT2D eigenvalue weighted by Gasteiger charge is 2.09. The number of carbonyl (C=O) groups is 2. The average molecular weight is 309 g/mol. The number of nitrogens with one attached hydrogen (secondary N) is 2.